The molecule has 1 aliphatic heterocycles. The number of hydrogen-bond donors (Lipinski definition) is 2. The van der Waals surface area contributed by atoms with Crippen LogP contribution in [0.4, 0.5) is 0 Å². The monoisotopic (exact) mass is 244 g/mol. The maximum Gasteiger partial charge on any atom is 0.185 e. The van der Waals surface area contributed by atoms with Crippen LogP contribution in [0.2, 0.25) is 0 Å². The molecule has 0 aliphatic carbocycles. The van der Waals surface area contributed by atoms with Gasteiger partial charge in [0.1, 0.15) is 6.10 Å². The van der Waals surface area contributed by atoms with Crippen molar-refractivity contribution in [3.05, 3.63) is 12.7 Å². The van der Waals surface area contributed by atoms with Gasteiger partial charge < -0.3 is 19.7 Å². The largest absolute Gasteiger partial charge is 0.390 e. The predicted molar refractivity (Wildman–Crippen MR) is 61.3 cm³/mol. The third-order valence-corrected chi connectivity index (χ3v) is 3.20. The first-order valence-electron chi connectivity index (χ1n) is 5.71. The lowest BCUT2D eigenvalue weighted by Crippen LogP contribution is -2.54. The van der Waals surface area contributed by atoms with Crippen LogP contribution >= 0.6 is 0 Å². The molecule has 1 fully saturated rings. The molecule has 5 heteroatoms. The molecule has 0 aromatic heterocycles. The minimum Gasteiger partial charge on any atom is -0.390 e. The molecule has 5 nitrogen and oxygen atoms in total. The number of ketones is 1. The van der Waals surface area contributed by atoms with E-state index in [1.165, 1.54) is 13.2 Å². The van der Waals surface area contributed by atoms with E-state index in [1.54, 1.807) is 6.92 Å². The number of carbonyl (C=O) groups excluding carboxylic acids is 1. The number of methoxy groups -OCH3 is 1. The van der Waals surface area contributed by atoms with E-state index < -0.39 is 18.5 Å². The van der Waals surface area contributed by atoms with E-state index >= 15 is 0 Å². The number of allylic oxidation sites excluding steroid dienone is 1. The van der Waals surface area contributed by atoms with Crippen molar-refractivity contribution in [1.82, 2.24) is 0 Å². The summed E-state index contributed by atoms with van der Waals surface area (Å²) >= 11 is 0. The summed E-state index contributed by atoms with van der Waals surface area (Å²) in [4.78, 5) is 11.1. The van der Waals surface area contributed by atoms with Crippen LogP contribution in [0, 0.1) is 5.92 Å². The molecule has 17 heavy (non-hydrogen) atoms. The average molecular weight is 244 g/mol. The quantitative estimate of drug-likeness (QED) is 0.678. The predicted octanol–water partition coefficient (Wildman–Crippen LogP) is 0.251. The van der Waals surface area contributed by atoms with Crippen molar-refractivity contribution in [2.24, 2.45) is 5.92 Å². The Hall–Kier alpha value is -0.750. The SMILES string of the molecule is C=CC(=O)CCC1OC(OC)[C@@H](O)[C@H](O)[C@H]1C. The molecule has 2 unspecified atom stereocenters. The van der Waals surface area contributed by atoms with Gasteiger partial charge in [-0.3, -0.25) is 4.79 Å². The smallest absolute Gasteiger partial charge is 0.185 e. The van der Waals surface area contributed by atoms with Crippen LogP contribution in [0.3, 0.4) is 0 Å². The summed E-state index contributed by atoms with van der Waals surface area (Å²) in [7, 11) is 1.41. The van der Waals surface area contributed by atoms with Crippen molar-refractivity contribution in [2.75, 3.05) is 7.11 Å². The standard InChI is InChI=1S/C12H20O5/c1-4-8(13)5-6-9-7(2)10(14)11(15)12(16-3)17-9/h4,7,9-12,14-15H,1,5-6H2,2-3H3/t7-,9?,10+,11-,12?/m0/s1. The van der Waals surface area contributed by atoms with Crippen LogP contribution < -0.4 is 0 Å². The Morgan fingerprint density at radius 1 is 1.47 bits per heavy atom. The lowest BCUT2D eigenvalue weighted by atomic mass is 9.88. The average Bonchev–Trinajstić information content (AvgIpc) is 2.34. The Bertz CT molecular complexity index is 276. The van der Waals surface area contributed by atoms with Gasteiger partial charge in [0, 0.05) is 19.4 Å². The highest BCUT2D eigenvalue weighted by atomic mass is 16.7. The van der Waals surface area contributed by atoms with Gasteiger partial charge in [0.25, 0.3) is 0 Å². The minimum absolute atomic E-state index is 0.0598. The van der Waals surface area contributed by atoms with Gasteiger partial charge in [0.2, 0.25) is 0 Å². The number of hydrogen-bond acceptors (Lipinski definition) is 5. The van der Waals surface area contributed by atoms with Gasteiger partial charge in [-0.15, -0.1) is 0 Å². The fourth-order valence-corrected chi connectivity index (χ4v) is 1.98. The Morgan fingerprint density at radius 3 is 2.65 bits per heavy atom. The first kappa shape index (κ1) is 14.3. The van der Waals surface area contributed by atoms with Gasteiger partial charge in [0.15, 0.2) is 12.1 Å². The van der Waals surface area contributed by atoms with Crippen LogP contribution in [0.5, 0.6) is 0 Å². The van der Waals surface area contributed by atoms with Crippen molar-refractivity contribution < 1.29 is 24.5 Å². The lowest BCUT2D eigenvalue weighted by molar-refractivity contribution is -0.276. The summed E-state index contributed by atoms with van der Waals surface area (Å²) in [5.41, 5.74) is 0. The summed E-state index contributed by atoms with van der Waals surface area (Å²) in [6.45, 7) is 5.18. The van der Waals surface area contributed by atoms with Crippen LogP contribution in [-0.4, -0.2) is 47.7 Å². The third kappa shape index (κ3) is 3.35. The molecule has 2 N–H and O–H groups in total. The number of aliphatic hydroxyl groups is 2. The van der Waals surface area contributed by atoms with E-state index in [0.29, 0.717) is 12.8 Å². The van der Waals surface area contributed by atoms with Gasteiger partial charge >= 0.3 is 0 Å². The molecule has 1 aliphatic rings. The van der Waals surface area contributed by atoms with E-state index in [0.717, 1.165) is 0 Å². The second kappa shape index (κ2) is 6.26. The maximum absolute atomic E-state index is 11.1. The Morgan fingerprint density at radius 2 is 2.12 bits per heavy atom. The minimum atomic E-state index is -1.05. The summed E-state index contributed by atoms with van der Waals surface area (Å²) in [6, 6.07) is 0. The fraction of sp³-hybridized carbons (Fsp3) is 0.750. The van der Waals surface area contributed by atoms with Gasteiger partial charge in [-0.1, -0.05) is 13.5 Å². The molecule has 1 heterocycles. The number of ether oxygens (including phenoxy) is 2. The van der Waals surface area contributed by atoms with Crippen LogP contribution in [0.1, 0.15) is 19.8 Å². The molecule has 0 aromatic carbocycles. The normalized spacial score (nSPS) is 37.8. The van der Waals surface area contributed by atoms with Crippen molar-refractivity contribution >= 4 is 5.78 Å². The molecule has 0 saturated carbocycles. The Kier molecular flexibility index (Phi) is 5.27. The number of aliphatic hydroxyl groups excluding tert-OH is 2. The van der Waals surface area contributed by atoms with Gasteiger partial charge in [-0.2, -0.15) is 0 Å². The zero-order valence-corrected chi connectivity index (χ0v) is 10.2. The zero-order chi connectivity index (χ0) is 13.0. The van der Waals surface area contributed by atoms with E-state index in [4.69, 9.17) is 9.47 Å². The van der Waals surface area contributed by atoms with E-state index in [-0.39, 0.29) is 17.8 Å². The summed E-state index contributed by atoms with van der Waals surface area (Å²) < 4.78 is 10.5. The first-order chi connectivity index (χ1) is 8.01. The molecular weight excluding hydrogens is 224 g/mol. The fourth-order valence-electron chi connectivity index (χ4n) is 1.98. The molecule has 0 aromatic rings. The highest BCUT2D eigenvalue weighted by Crippen LogP contribution is 2.28. The highest BCUT2D eigenvalue weighted by Gasteiger charge is 2.41. The third-order valence-electron chi connectivity index (χ3n) is 3.20. The topological polar surface area (TPSA) is 76.0 Å². The van der Waals surface area contributed by atoms with Crippen molar-refractivity contribution in [2.45, 2.75) is 44.4 Å². The van der Waals surface area contributed by atoms with Crippen molar-refractivity contribution in [3.8, 4) is 0 Å². The number of carbonyl (C=O) groups is 1. The molecule has 0 amide bonds. The van der Waals surface area contributed by atoms with Crippen LogP contribution in [0.25, 0.3) is 0 Å². The van der Waals surface area contributed by atoms with Gasteiger partial charge in [0.05, 0.1) is 12.2 Å². The molecular formula is C12H20O5. The van der Waals surface area contributed by atoms with E-state index in [1.807, 2.05) is 0 Å². The Labute approximate surface area is 101 Å². The highest BCUT2D eigenvalue weighted by molar-refractivity contribution is 5.88. The zero-order valence-electron chi connectivity index (χ0n) is 10.2. The molecule has 0 spiro atoms. The Balaban J connectivity index is 2.59. The van der Waals surface area contributed by atoms with Gasteiger partial charge in [-0.05, 0) is 12.5 Å². The second-order valence-corrected chi connectivity index (χ2v) is 4.33. The molecule has 0 radical (unpaired) electrons. The number of rotatable bonds is 5. The lowest BCUT2D eigenvalue weighted by Gasteiger charge is -2.40. The molecule has 0 bridgehead atoms. The summed E-state index contributed by atoms with van der Waals surface area (Å²) in [5.74, 6) is -0.301. The van der Waals surface area contributed by atoms with Gasteiger partial charge in [-0.25, -0.2) is 0 Å². The molecule has 5 atom stereocenters. The maximum atomic E-state index is 11.1. The first-order valence-corrected chi connectivity index (χ1v) is 5.71. The van der Waals surface area contributed by atoms with Crippen LogP contribution in [0.15, 0.2) is 12.7 Å². The van der Waals surface area contributed by atoms with Crippen molar-refractivity contribution in [3.63, 3.8) is 0 Å². The molecule has 98 valence electrons. The summed E-state index contributed by atoms with van der Waals surface area (Å²) in [5, 5.41) is 19.5. The second-order valence-electron chi connectivity index (χ2n) is 4.33. The van der Waals surface area contributed by atoms with Crippen molar-refractivity contribution in [1.29, 1.82) is 0 Å². The van der Waals surface area contributed by atoms with E-state index in [9.17, 15) is 15.0 Å². The molecule has 1 rings (SSSR count). The van der Waals surface area contributed by atoms with E-state index in [2.05, 4.69) is 6.58 Å². The summed E-state index contributed by atoms with van der Waals surface area (Å²) in [6.07, 6.45) is -1.04. The van der Waals surface area contributed by atoms with Crippen LogP contribution in [-0.2, 0) is 14.3 Å². The molecule has 1 saturated heterocycles.